The Morgan fingerprint density at radius 2 is 1.80 bits per heavy atom. The molecule has 2 aromatic carbocycles. The first kappa shape index (κ1) is 23.2. The van der Waals surface area contributed by atoms with Gasteiger partial charge in [-0.05, 0) is 43.9 Å². The van der Waals surface area contributed by atoms with Gasteiger partial charge in [0.15, 0.2) is 0 Å². The molecule has 0 saturated carbocycles. The van der Waals surface area contributed by atoms with Gasteiger partial charge < -0.3 is 20.7 Å². The van der Waals surface area contributed by atoms with E-state index in [4.69, 9.17) is 10.5 Å². The van der Waals surface area contributed by atoms with Crippen molar-refractivity contribution < 1.29 is 9.53 Å². The van der Waals surface area contributed by atoms with Crippen LogP contribution >= 0.6 is 24.8 Å². The number of nitrogens with one attached hydrogen (secondary N) is 1. The van der Waals surface area contributed by atoms with Gasteiger partial charge in [0.2, 0.25) is 0 Å². The number of rotatable bonds is 7. The molecule has 3 N–H and O–H groups in total. The van der Waals surface area contributed by atoms with Crippen molar-refractivity contribution in [2.24, 2.45) is 5.73 Å². The largest absolute Gasteiger partial charge is 0.492 e. The third-order valence-corrected chi connectivity index (χ3v) is 3.35. The van der Waals surface area contributed by atoms with E-state index in [-0.39, 0.29) is 30.7 Å². The molecule has 5 nitrogen and oxygen atoms in total. The van der Waals surface area contributed by atoms with E-state index in [1.54, 1.807) is 12.1 Å². The second-order valence-electron chi connectivity index (χ2n) is 5.53. The zero-order valence-electron chi connectivity index (χ0n) is 14.4. The van der Waals surface area contributed by atoms with E-state index in [2.05, 4.69) is 10.2 Å². The number of anilines is 1. The summed E-state index contributed by atoms with van der Waals surface area (Å²) in [6, 6.07) is 14.7. The van der Waals surface area contributed by atoms with Crippen molar-refractivity contribution in [2.75, 3.05) is 32.6 Å². The first-order valence-electron chi connectivity index (χ1n) is 7.56. The van der Waals surface area contributed by atoms with Crippen LogP contribution in [0.3, 0.4) is 0 Å². The number of amides is 1. The highest BCUT2D eigenvalue weighted by atomic mass is 35.5. The Labute approximate surface area is 161 Å². The van der Waals surface area contributed by atoms with E-state index in [0.29, 0.717) is 24.4 Å². The molecule has 1 amide bonds. The van der Waals surface area contributed by atoms with Crippen molar-refractivity contribution in [3.05, 3.63) is 59.7 Å². The van der Waals surface area contributed by atoms with Gasteiger partial charge in [-0.2, -0.15) is 0 Å². The smallest absolute Gasteiger partial charge is 0.255 e. The summed E-state index contributed by atoms with van der Waals surface area (Å²) in [5.41, 5.74) is 7.86. The molecule has 0 aromatic heterocycles. The normalized spacial score (nSPS) is 9.76. The van der Waals surface area contributed by atoms with Crippen molar-refractivity contribution in [3.8, 4) is 5.75 Å². The molecule has 0 aliphatic rings. The molecule has 0 aliphatic carbocycles. The van der Waals surface area contributed by atoms with Crippen LogP contribution in [0.5, 0.6) is 5.75 Å². The highest BCUT2D eigenvalue weighted by Crippen LogP contribution is 2.18. The van der Waals surface area contributed by atoms with Gasteiger partial charge in [-0.25, -0.2) is 0 Å². The van der Waals surface area contributed by atoms with E-state index in [1.165, 1.54) is 0 Å². The molecule has 0 bridgehead atoms. The molecule has 0 radical (unpaired) electrons. The van der Waals surface area contributed by atoms with Gasteiger partial charge in [-0.1, -0.05) is 18.2 Å². The molecule has 7 heteroatoms. The second-order valence-corrected chi connectivity index (χ2v) is 5.53. The Kier molecular flexibility index (Phi) is 10.9. The predicted molar refractivity (Wildman–Crippen MR) is 107 cm³/mol. The number of carbonyl (C=O) groups excluding carboxylic acids is 1. The van der Waals surface area contributed by atoms with Crippen molar-refractivity contribution in [3.63, 3.8) is 0 Å². The Hall–Kier alpha value is -1.79. The van der Waals surface area contributed by atoms with Gasteiger partial charge in [0.25, 0.3) is 5.91 Å². The summed E-state index contributed by atoms with van der Waals surface area (Å²) in [5.74, 6) is 0.585. The molecule has 0 atom stereocenters. The van der Waals surface area contributed by atoms with Crippen molar-refractivity contribution >= 4 is 36.4 Å². The summed E-state index contributed by atoms with van der Waals surface area (Å²) in [6.45, 7) is 1.91. The summed E-state index contributed by atoms with van der Waals surface area (Å²) < 4.78 is 5.67. The van der Waals surface area contributed by atoms with E-state index >= 15 is 0 Å². The maximum atomic E-state index is 12.2. The van der Waals surface area contributed by atoms with Gasteiger partial charge in [0.1, 0.15) is 12.4 Å². The third-order valence-electron chi connectivity index (χ3n) is 3.35. The number of likely N-dealkylation sites (N-methyl/N-ethyl adjacent to an activating group) is 1. The van der Waals surface area contributed by atoms with Gasteiger partial charge in [0.05, 0.1) is 0 Å². The Bertz CT molecular complexity index is 649. The number of carbonyl (C=O) groups is 1. The monoisotopic (exact) mass is 385 g/mol. The van der Waals surface area contributed by atoms with E-state index in [1.807, 2.05) is 50.5 Å². The topological polar surface area (TPSA) is 67.6 Å². The first-order valence-corrected chi connectivity index (χ1v) is 7.56. The number of hydrogen-bond acceptors (Lipinski definition) is 4. The number of hydrogen-bond donors (Lipinski definition) is 2. The van der Waals surface area contributed by atoms with Crippen LogP contribution in [0.4, 0.5) is 5.69 Å². The van der Waals surface area contributed by atoms with Crippen LogP contribution in [-0.4, -0.2) is 38.1 Å². The zero-order valence-corrected chi connectivity index (χ0v) is 16.0. The lowest BCUT2D eigenvalue weighted by Gasteiger charge is -2.12. The molecular weight excluding hydrogens is 361 g/mol. The molecule has 2 aromatic rings. The molecule has 0 fully saturated rings. The molecule has 0 aliphatic heterocycles. The minimum Gasteiger partial charge on any atom is -0.492 e. The van der Waals surface area contributed by atoms with Gasteiger partial charge in [-0.15, -0.1) is 24.8 Å². The number of nitrogens with two attached hydrogens (primary N) is 1. The summed E-state index contributed by atoms with van der Waals surface area (Å²) >= 11 is 0. The maximum Gasteiger partial charge on any atom is 0.255 e. The number of nitrogens with zero attached hydrogens (tertiary/aromatic N) is 1. The van der Waals surface area contributed by atoms with Gasteiger partial charge in [0, 0.05) is 30.4 Å². The minimum absolute atomic E-state index is 0. The fourth-order valence-corrected chi connectivity index (χ4v) is 2.01. The highest BCUT2D eigenvalue weighted by molar-refractivity contribution is 6.04. The number of benzene rings is 2. The summed E-state index contributed by atoms with van der Waals surface area (Å²) in [5, 5.41) is 2.87. The first-order chi connectivity index (χ1) is 11.1. The van der Waals surface area contributed by atoms with Crippen molar-refractivity contribution in [2.45, 2.75) is 6.54 Å². The van der Waals surface area contributed by atoms with Gasteiger partial charge >= 0.3 is 0 Å². The van der Waals surface area contributed by atoms with Crippen molar-refractivity contribution in [1.82, 2.24) is 4.90 Å². The Morgan fingerprint density at radius 3 is 2.40 bits per heavy atom. The average Bonchev–Trinajstić information content (AvgIpc) is 2.55. The summed E-state index contributed by atoms with van der Waals surface area (Å²) in [7, 11) is 3.99. The molecule has 138 valence electrons. The van der Waals surface area contributed by atoms with Gasteiger partial charge in [-0.3, -0.25) is 4.79 Å². The van der Waals surface area contributed by atoms with E-state index < -0.39 is 0 Å². The molecule has 0 saturated heterocycles. The Balaban J connectivity index is 0.00000288. The molecule has 0 spiro atoms. The fourth-order valence-electron chi connectivity index (χ4n) is 2.01. The fraction of sp³-hybridized carbons (Fsp3) is 0.278. The highest BCUT2D eigenvalue weighted by Gasteiger charge is 2.06. The number of halogens is 2. The lowest BCUT2D eigenvalue weighted by atomic mass is 10.1. The predicted octanol–water partition coefficient (Wildman–Crippen LogP) is 3.18. The van der Waals surface area contributed by atoms with Crippen LogP contribution in [0.25, 0.3) is 0 Å². The maximum absolute atomic E-state index is 12.2. The molecule has 0 unspecified atom stereocenters. The van der Waals surface area contributed by atoms with E-state index in [9.17, 15) is 4.79 Å². The van der Waals surface area contributed by atoms with E-state index in [0.717, 1.165) is 17.9 Å². The lowest BCUT2D eigenvalue weighted by molar-refractivity contribution is 0.102. The average molecular weight is 386 g/mol. The molecule has 0 heterocycles. The third kappa shape index (κ3) is 7.75. The summed E-state index contributed by atoms with van der Waals surface area (Å²) in [4.78, 5) is 14.3. The van der Waals surface area contributed by atoms with Crippen LogP contribution < -0.4 is 15.8 Å². The van der Waals surface area contributed by atoms with Crippen LogP contribution in [-0.2, 0) is 6.54 Å². The minimum atomic E-state index is -0.154. The van der Waals surface area contributed by atoms with Crippen molar-refractivity contribution in [1.29, 1.82) is 0 Å². The quantitative estimate of drug-likeness (QED) is 0.767. The van der Waals surface area contributed by atoms with Crippen LogP contribution in [0.15, 0.2) is 48.5 Å². The van der Waals surface area contributed by atoms with Crippen LogP contribution in [0.1, 0.15) is 15.9 Å². The second kappa shape index (κ2) is 11.7. The van der Waals surface area contributed by atoms with Crippen LogP contribution in [0, 0.1) is 0 Å². The Morgan fingerprint density at radius 1 is 1.12 bits per heavy atom. The van der Waals surface area contributed by atoms with Crippen LogP contribution in [0.2, 0.25) is 0 Å². The zero-order chi connectivity index (χ0) is 16.7. The molecule has 25 heavy (non-hydrogen) atoms. The SMILES string of the molecule is CN(C)CCOc1cccc(NC(=O)c2ccc(CN)cc2)c1.Cl.Cl. The summed E-state index contributed by atoms with van der Waals surface area (Å²) in [6.07, 6.45) is 0. The molecular formula is C18H25Cl2N3O2. The standard InChI is InChI=1S/C18H23N3O2.2ClH/c1-21(2)10-11-23-17-5-3-4-16(12-17)20-18(22)15-8-6-14(13-19)7-9-15;;/h3-9,12H,10-11,13,19H2,1-2H3,(H,20,22);2*1H. The molecule has 2 rings (SSSR count). The number of ether oxygens (including phenoxy) is 1. The lowest BCUT2D eigenvalue weighted by Crippen LogP contribution is -2.19.